The summed E-state index contributed by atoms with van der Waals surface area (Å²) in [5, 5.41) is 14.1. The van der Waals surface area contributed by atoms with Gasteiger partial charge in [-0.3, -0.25) is 4.98 Å². The fourth-order valence-corrected chi connectivity index (χ4v) is 2.24. The van der Waals surface area contributed by atoms with Gasteiger partial charge >= 0.3 is 0 Å². The Morgan fingerprint density at radius 2 is 2.15 bits per heavy atom. The lowest BCUT2D eigenvalue weighted by Gasteiger charge is -2.14. The Hall–Kier alpha value is -1.65. The Labute approximate surface area is 119 Å². The van der Waals surface area contributed by atoms with Crippen LogP contribution in [0.15, 0.2) is 30.3 Å². The molecule has 0 saturated heterocycles. The fourth-order valence-electron chi connectivity index (χ4n) is 2.24. The summed E-state index contributed by atoms with van der Waals surface area (Å²) in [6.45, 7) is 2.94. The van der Waals surface area contributed by atoms with Crippen LogP contribution in [0.5, 0.6) is 0 Å². The summed E-state index contributed by atoms with van der Waals surface area (Å²) in [6, 6.07) is 10.1. The van der Waals surface area contributed by atoms with Crippen molar-refractivity contribution in [2.75, 3.05) is 25.6 Å². The molecule has 4 heteroatoms. The molecule has 0 fully saturated rings. The third-order valence-corrected chi connectivity index (χ3v) is 3.16. The van der Waals surface area contributed by atoms with E-state index >= 15 is 0 Å². The topological polar surface area (TPSA) is 54.4 Å². The largest absolute Gasteiger partial charge is 0.389 e. The summed E-state index contributed by atoms with van der Waals surface area (Å²) in [5.74, 6) is 0. The standard InChI is InChI=1S/C16H22N2O2/c1-3-6-12-9-16(17-10-13(19)11-20-2)14-7-4-5-8-15(14)18-12/h4-5,7-9,13,19H,3,6,10-11H2,1-2H3,(H,17,18). The van der Waals surface area contributed by atoms with Gasteiger partial charge in [0.25, 0.3) is 0 Å². The predicted octanol–water partition coefficient (Wildman–Crippen LogP) is 2.61. The van der Waals surface area contributed by atoms with E-state index in [1.807, 2.05) is 24.3 Å². The van der Waals surface area contributed by atoms with Crippen LogP contribution in [0.25, 0.3) is 10.9 Å². The molecular weight excluding hydrogens is 252 g/mol. The Bertz CT molecular complexity index is 557. The van der Waals surface area contributed by atoms with Gasteiger partial charge in [0.15, 0.2) is 0 Å². The molecular formula is C16H22N2O2. The first-order valence-corrected chi connectivity index (χ1v) is 7.04. The van der Waals surface area contributed by atoms with Crippen LogP contribution in [0.4, 0.5) is 5.69 Å². The second-order valence-corrected chi connectivity index (χ2v) is 4.92. The fraction of sp³-hybridized carbons (Fsp3) is 0.438. The summed E-state index contributed by atoms with van der Waals surface area (Å²) in [5.41, 5.74) is 3.09. The average Bonchev–Trinajstić information content (AvgIpc) is 2.45. The highest BCUT2D eigenvalue weighted by atomic mass is 16.5. The molecule has 0 bridgehead atoms. The molecule has 0 spiro atoms. The van der Waals surface area contributed by atoms with Crippen molar-refractivity contribution in [2.24, 2.45) is 0 Å². The summed E-state index contributed by atoms with van der Waals surface area (Å²) < 4.78 is 4.94. The molecule has 20 heavy (non-hydrogen) atoms. The zero-order valence-corrected chi connectivity index (χ0v) is 12.1. The number of pyridine rings is 1. The third kappa shape index (κ3) is 3.68. The molecule has 0 saturated carbocycles. The minimum atomic E-state index is -0.512. The number of methoxy groups -OCH3 is 1. The van der Waals surface area contributed by atoms with Crippen molar-refractivity contribution in [1.29, 1.82) is 0 Å². The van der Waals surface area contributed by atoms with Gasteiger partial charge in [0, 0.05) is 30.4 Å². The molecule has 1 unspecified atom stereocenters. The molecule has 4 nitrogen and oxygen atoms in total. The minimum Gasteiger partial charge on any atom is -0.389 e. The number of ether oxygens (including phenoxy) is 1. The van der Waals surface area contributed by atoms with Gasteiger partial charge in [-0.2, -0.15) is 0 Å². The molecule has 1 atom stereocenters. The number of aromatic nitrogens is 1. The van der Waals surface area contributed by atoms with Crippen molar-refractivity contribution >= 4 is 16.6 Å². The van der Waals surface area contributed by atoms with Crippen molar-refractivity contribution in [3.8, 4) is 0 Å². The molecule has 1 aromatic carbocycles. The first-order valence-electron chi connectivity index (χ1n) is 7.04. The van der Waals surface area contributed by atoms with Crippen LogP contribution in [-0.2, 0) is 11.2 Å². The molecule has 2 aromatic rings. The average molecular weight is 274 g/mol. The first kappa shape index (κ1) is 14.8. The Balaban J connectivity index is 2.25. The van der Waals surface area contributed by atoms with E-state index in [1.165, 1.54) is 0 Å². The molecule has 0 radical (unpaired) electrons. The maximum atomic E-state index is 9.75. The van der Waals surface area contributed by atoms with Crippen molar-refractivity contribution in [2.45, 2.75) is 25.9 Å². The van der Waals surface area contributed by atoms with Crippen molar-refractivity contribution in [3.63, 3.8) is 0 Å². The van der Waals surface area contributed by atoms with Crippen LogP contribution in [0.2, 0.25) is 0 Å². The summed E-state index contributed by atoms with van der Waals surface area (Å²) in [6.07, 6.45) is 1.51. The van der Waals surface area contributed by atoms with Gasteiger partial charge in [0.2, 0.25) is 0 Å². The number of aliphatic hydroxyl groups excluding tert-OH is 1. The number of rotatable bonds is 7. The van der Waals surface area contributed by atoms with Gasteiger partial charge in [-0.05, 0) is 18.6 Å². The number of aliphatic hydroxyl groups is 1. The van der Waals surface area contributed by atoms with E-state index in [-0.39, 0.29) is 0 Å². The van der Waals surface area contributed by atoms with Gasteiger partial charge in [-0.15, -0.1) is 0 Å². The third-order valence-electron chi connectivity index (χ3n) is 3.16. The van der Waals surface area contributed by atoms with Crippen LogP contribution in [0.3, 0.4) is 0 Å². The number of anilines is 1. The van der Waals surface area contributed by atoms with E-state index in [9.17, 15) is 5.11 Å². The highest BCUT2D eigenvalue weighted by Gasteiger charge is 2.07. The van der Waals surface area contributed by atoms with Crippen LogP contribution in [0.1, 0.15) is 19.0 Å². The molecule has 2 rings (SSSR count). The molecule has 2 N–H and O–H groups in total. The first-order chi connectivity index (χ1) is 9.74. The summed E-state index contributed by atoms with van der Waals surface area (Å²) in [4.78, 5) is 4.66. The SMILES string of the molecule is CCCc1cc(NCC(O)COC)c2ccccc2n1. The maximum Gasteiger partial charge on any atom is 0.0945 e. The zero-order valence-electron chi connectivity index (χ0n) is 12.1. The number of para-hydroxylation sites is 1. The minimum absolute atomic E-state index is 0.331. The van der Waals surface area contributed by atoms with Crippen LogP contribution in [0, 0.1) is 0 Å². The zero-order chi connectivity index (χ0) is 14.4. The number of nitrogens with one attached hydrogen (secondary N) is 1. The van der Waals surface area contributed by atoms with Gasteiger partial charge in [-0.1, -0.05) is 31.5 Å². The molecule has 0 aliphatic rings. The van der Waals surface area contributed by atoms with Crippen molar-refractivity contribution in [3.05, 3.63) is 36.0 Å². The Morgan fingerprint density at radius 1 is 1.35 bits per heavy atom. The van der Waals surface area contributed by atoms with E-state index in [4.69, 9.17) is 4.74 Å². The number of benzene rings is 1. The normalized spacial score (nSPS) is 12.6. The van der Waals surface area contributed by atoms with Crippen LogP contribution in [-0.4, -0.2) is 36.5 Å². The lowest BCUT2D eigenvalue weighted by molar-refractivity contribution is 0.0728. The summed E-state index contributed by atoms with van der Waals surface area (Å²) in [7, 11) is 1.59. The monoisotopic (exact) mass is 274 g/mol. The van der Waals surface area contributed by atoms with Crippen LogP contribution < -0.4 is 5.32 Å². The number of hydrogen-bond acceptors (Lipinski definition) is 4. The smallest absolute Gasteiger partial charge is 0.0945 e. The van der Waals surface area contributed by atoms with Crippen molar-refractivity contribution < 1.29 is 9.84 Å². The van der Waals surface area contributed by atoms with Crippen molar-refractivity contribution in [1.82, 2.24) is 4.98 Å². The van der Waals surface area contributed by atoms with E-state index in [2.05, 4.69) is 23.3 Å². The second-order valence-electron chi connectivity index (χ2n) is 4.92. The lowest BCUT2D eigenvalue weighted by Crippen LogP contribution is -2.24. The van der Waals surface area contributed by atoms with Gasteiger partial charge in [0.1, 0.15) is 0 Å². The molecule has 1 aromatic heterocycles. The molecule has 0 aliphatic carbocycles. The van der Waals surface area contributed by atoms with E-state index in [1.54, 1.807) is 7.11 Å². The Kier molecular flexibility index (Phi) is 5.32. The second kappa shape index (κ2) is 7.22. The summed E-state index contributed by atoms with van der Waals surface area (Å²) >= 11 is 0. The number of hydrogen-bond donors (Lipinski definition) is 2. The molecule has 0 amide bonds. The predicted molar refractivity (Wildman–Crippen MR) is 82.1 cm³/mol. The quantitative estimate of drug-likeness (QED) is 0.815. The highest BCUT2D eigenvalue weighted by Crippen LogP contribution is 2.23. The van der Waals surface area contributed by atoms with E-state index < -0.39 is 6.10 Å². The van der Waals surface area contributed by atoms with E-state index in [0.717, 1.165) is 35.1 Å². The Morgan fingerprint density at radius 3 is 2.90 bits per heavy atom. The molecule has 0 aliphatic heterocycles. The number of fused-ring (bicyclic) bond motifs is 1. The van der Waals surface area contributed by atoms with Gasteiger partial charge in [0.05, 0.1) is 18.2 Å². The van der Waals surface area contributed by atoms with Gasteiger partial charge < -0.3 is 15.2 Å². The van der Waals surface area contributed by atoms with Crippen LogP contribution >= 0.6 is 0 Å². The van der Waals surface area contributed by atoms with E-state index in [0.29, 0.717) is 13.2 Å². The maximum absolute atomic E-state index is 9.75. The number of aryl methyl sites for hydroxylation is 1. The molecule has 1 heterocycles. The molecule has 108 valence electrons. The van der Waals surface area contributed by atoms with Gasteiger partial charge in [-0.25, -0.2) is 0 Å². The lowest BCUT2D eigenvalue weighted by atomic mass is 10.1. The number of nitrogens with zero attached hydrogens (tertiary/aromatic N) is 1. The highest BCUT2D eigenvalue weighted by molar-refractivity contribution is 5.91.